The van der Waals surface area contributed by atoms with Gasteiger partial charge in [0, 0.05) is 12.6 Å². The van der Waals surface area contributed by atoms with E-state index in [1.54, 1.807) is 38.2 Å². The Hall–Kier alpha value is -3.10. The summed E-state index contributed by atoms with van der Waals surface area (Å²) in [7, 11) is 1.72. The second-order valence-corrected chi connectivity index (χ2v) is 4.37. The first-order valence-corrected chi connectivity index (χ1v) is 6.16. The Morgan fingerprint density at radius 2 is 2.19 bits per heavy atom. The largest absolute Gasteiger partial charge is 0.291 e. The fourth-order valence-electron chi connectivity index (χ4n) is 1.86. The van der Waals surface area contributed by atoms with Crippen LogP contribution in [0.3, 0.4) is 0 Å². The predicted molar refractivity (Wildman–Crippen MR) is 72.8 cm³/mol. The van der Waals surface area contributed by atoms with Gasteiger partial charge in [-0.1, -0.05) is 6.07 Å². The van der Waals surface area contributed by atoms with Crippen molar-refractivity contribution in [3.8, 4) is 5.69 Å². The smallest absolute Gasteiger partial charge is 0.258 e. The molecule has 0 bridgehead atoms. The fraction of sp³-hybridized carbons (Fsp3) is 0.167. The van der Waals surface area contributed by atoms with Crippen LogP contribution in [0.4, 0.5) is 5.95 Å². The van der Waals surface area contributed by atoms with Crippen molar-refractivity contribution < 1.29 is 4.79 Å². The molecule has 2 heterocycles. The molecule has 0 saturated heterocycles. The lowest BCUT2D eigenvalue weighted by Crippen LogP contribution is -2.15. The molecule has 0 fully saturated rings. The minimum absolute atomic E-state index is 0.277. The van der Waals surface area contributed by atoms with Crippen LogP contribution in [-0.2, 0) is 7.05 Å². The van der Waals surface area contributed by atoms with Crippen molar-refractivity contribution in [2.75, 3.05) is 5.32 Å². The van der Waals surface area contributed by atoms with Crippen molar-refractivity contribution in [3.63, 3.8) is 0 Å². The Morgan fingerprint density at radius 3 is 2.86 bits per heavy atom. The molecule has 2 aromatic heterocycles. The molecular weight excluding hydrogens is 272 g/mol. The molecule has 9 nitrogen and oxygen atoms in total. The van der Waals surface area contributed by atoms with Crippen molar-refractivity contribution >= 4 is 11.9 Å². The van der Waals surface area contributed by atoms with Crippen LogP contribution < -0.4 is 5.32 Å². The average molecular weight is 284 g/mol. The highest BCUT2D eigenvalue weighted by atomic mass is 16.1. The van der Waals surface area contributed by atoms with Crippen molar-refractivity contribution in [1.82, 2.24) is 35.0 Å². The third-order valence-electron chi connectivity index (χ3n) is 2.82. The lowest BCUT2D eigenvalue weighted by Gasteiger charge is -2.05. The van der Waals surface area contributed by atoms with E-state index in [1.165, 1.54) is 15.7 Å². The number of hydrogen-bond donors (Lipinski definition) is 1. The molecule has 9 heteroatoms. The highest BCUT2D eigenvalue weighted by Gasteiger charge is 2.11. The Morgan fingerprint density at radius 1 is 1.33 bits per heavy atom. The van der Waals surface area contributed by atoms with Gasteiger partial charge in [0.05, 0.1) is 5.69 Å². The summed E-state index contributed by atoms with van der Waals surface area (Å²) in [5.41, 5.74) is 1.17. The minimum Gasteiger partial charge on any atom is -0.291 e. The van der Waals surface area contributed by atoms with Gasteiger partial charge in [0.2, 0.25) is 5.95 Å². The summed E-state index contributed by atoms with van der Waals surface area (Å²) < 4.78 is 2.99. The van der Waals surface area contributed by atoms with E-state index in [2.05, 4.69) is 30.9 Å². The summed E-state index contributed by atoms with van der Waals surface area (Å²) in [6.45, 7) is 1.76. The molecular formula is C12H12N8O. The maximum atomic E-state index is 12.2. The zero-order chi connectivity index (χ0) is 14.8. The molecule has 0 radical (unpaired) electrons. The standard InChI is InChI=1S/C12H12N8O/c1-8-14-12(19(2)16-8)15-11(21)9-4-3-5-10(6-9)20-7-13-17-18-20/h3-7H,1-2H3,(H,14,15,16,21). The number of amides is 1. The second kappa shape index (κ2) is 5.12. The van der Waals surface area contributed by atoms with Gasteiger partial charge in [0.25, 0.3) is 5.91 Å². The zero-order valence-corrected chi connectivity index (χ0v) is 11.4. The van der Waals surface area contributed by atoms with Gasteiger partial charge in [0.1, 0.15) is 12.2 Å². The Balaban J connectivity index is 1.85. The maximum absolute atomic E-state index is 12.2. The Kier molecular flexibility index (Phi) is 3.14. The first-order chi connectivity index (χ1) is 10.1. The maximum Gasteiger partial charge on any atom is 0.258 e. The molecule has 1 aromatic carbocycles. The highest BCUT2D eigenvalue weighted by Crippen LogP contribution is 2.11. The van der Waals surface area contributed by atoms with Crippen LogP contribution >= 0.6 is 0 Å². The second-order valence-electron chi connectivity index (χ2n) is 4.37. The first-order valence-electron chi connectivity index (χ1n) is 6.16. The molecule has 1 amide bonds. The number of rotatable bonds is 3. The molecule has 0 aliphatic heterocycles. The number of tetrazole rings is 1. The van der Waals surface area contributed by atoms with E-state index in [1.807, 2.05) is 0 Å². The SMILES string of the molecule is Cc1nc(NC(=O)c2cccc(-n3cnnn3)c2)n(C)n1. The molecule has 0 unspecified atom stereocenters. The number of nitrogens with zero attached hydrogens (tertiary/aromatic N) is 7. The van der Waals surface area contributed by atoms with E-state index in [0.717, 1.165) is 0 Å². The summed E-state index contributed by atoms with van der Waals surface area (Å²) in [6.07, 6.45) is 1.46. The van der Waals surface area contributed by atoms with E-state index in [4.69, 9.17) is 0 Å². The number of hydrogen-bond acceptors (Lipinski definition) is 6. The summed E-state index contributed by atoms with van der Waals surface area (Å²) in [4.78, 5) is 16.4. The lowest BCUT2D eigenvalue weighted by molar-refractivity contribution is 0.102. The van der Waals surface area contributed by atoms with Gasteiger partial charge < -0.3 is 0 Å². The summed E-state index contributed by atoms with van der Waals surface area (Å²) in [5.74, 6) is 0.709. The number of anilines is 1. The normalized spacial score (nSPS) is 10.6. The molecule has 0 spiro atoms. The molecule has 106 valence electrons. The number of aromatic nitrogens is 7. The van der Waals surface area contributed by atoms with Gasteiger partial charge in [0.15, 0.2) is 0 Å². The van der Waals surface area contributed by atoms with E-state index in [9.17, 15) is 4.79 Å². The van der Waals surface area contributed by atoms with Crippen molar-refractivity contribution in [3.05, 3.63) is 42.0 Å². The minimum atomic E-state index is -0.277. The quantitative estimate of drug-likeness (QED) is 0.744. The van der Waals surface area contributed by atoms with Crippen LogP contribution in [0.1, 0.15) is 16.2 Å². The van der Waals surface area contributed by atoms with E-state index in [0.29, 0.717) is 23.0 Å². The number of aryl methyl sites for hydroxylation is 2. The molecule has 0 aliphatic carbocycles. The molecule has 3 aromatic rings. The lowest BCUT2D eigenvalue weighted by atomic mass is 10.2. The van der Waals surface area contributed by atoms with Crippen molar-refractivity contribution in [2.24, 2.45) is 7.05 Å². The summed E-state index contributed by atoms with van der Waals surface area (Å²) in [6, 6.07) is 6.95. The van der Waals surface area contributed by atoms with Gasteiger partial charge in [-0.2, -0.15) is 10.1 Å². The van der Waals surface area contributed by atoms with Crippen LogP contribution in [0.25, 0.3) is 5.69 Å². The molecule has 3 rings (SSSR count). The Labute approximate surface area is 119 Å². The van der Waals surface area contributed by atoms with E-state index in [-0.39, 0.29) is 5.91 Å². The van der Waals surface area contributed by atoms with Crippen LogP contribution in [0.15, 0.2) is 30.6 Å². The van der Waals surface area contributed by atoms with E-state index >= 15 is 0 Å². The Bertz CT molecular complexity index is 776. The van der Waals surface area contributed by atoms with Gasteiger partial charge in [-0.3, -0.25) is 10.1 Å². The predicted octanol–water partition coefficient (Wildman–Crippen LogP) is 0.352. The van der Waals surface area contributed by atoms with Gasteiger partial charge in [-0.05, 0) is 35.5 Å². The number of carbonyl (C=O) groups excluding carboxylic acids is 1. The third kappa shape index (κ3) is 2.61. The van der Waals surface area contributed by atoms with Gasteiger partial charge in [-0.25, -0.2) is 9.36 Å². The molecule has 0 atom stereocenters. The monoisotopic (exact) mass is 284 g/mol. The molecule has 1 N–H and O–H groups in total. The topological polar surface area (TPSA) is 103 Å². The molecule has 21 heavy (non-hydrogen) atoms. The molecule has 0 aliphatic rings. The highest BCUT2D eigenvalue weighted by molar-refractivity contribution is 6.03. The van der Waals surface area contributed by atoms with Crippen molar-refractivity contribution in [2.45, 2.75) is 6.92 Å². The van der Waals surface area contributed by atoms with Gasteiger partial charge >= 0.3 is 0 Å². The molecule has 0 saturated carbocycles. The van der Waals surface area contributed by atoms with Crippen LogP contribution in [0.2, 0.25) is 0 Å². The van der Waals surface area contributed by atoms with Crippen LogP contribution in [-0.4, -0.2) is 40.9 Å². The first kappa shape index (κ1) is 12.9. The van der Waals surface area contributed by atoms with Crippen LogP contribution in [0.5, 0.6) is 0 Å². The zero-order valence-electron chi connectivity index (χ0n) is 11.4. The van der Waals surface area contributed by atoms with Crippen molar-refractivity contribution in [1.29, 1.82) is 0 Å². The third-order valence-corrected chi connectivity index (χ3v) is 2.82. The average Bonchev–Trinajstić information content (AvgIpc) is 3.09. The van der Waals surface area contributed by atoms with Crippen LogP contribution in [0, 0.1) is 6.92 Å². The van der Waals surface area contributed by atoms with E-state index < -0.39 is 0 Å². The number of carbonyl (C=O) groups is 1. The van der Waals surface area contributed by atoms with Gasteiger partial charge in [-0.15, -0.1) is 5.10 Å². The summed E-state index contributed by atoms with van der Waals surface area (Å²) in [5, 5.41) is 17.7. The summed E-state index contributed by atoms with van der Waals surface area (Å²) >= 11 is 0. The number of benzene rings is 1. The fourth-order valence-corrected chi connectivity index (χ4v) is 1.86. The number of nitrogens with one attached hydrogen (secondary N) is 1.